The standard InChI is InChI=1S/C18H22N6O5S/c1-18-14(16(25)22(2)17(26)20-18)19-15(21-23(18)3)12-5-4-6-13(11-12)30(27,28)24-7-9-29-10-8-24/h4-6,11H,7-10H2,1-3H3,(H,20,26). The van der Waals surface area contributed by atoms with Crippen molar-refractivity contribution < 1.29 is 22.7 Å². The van der Waals surface area contributed by atoms with E-state index >= 15 is 0 Å². The van der Waals surface area contributed by atoms with Gasteiger partial charge in [0, 0.05) is 32.7 Å². The van der Waals surface area contributed by atoms with E-state index in [2.05, 4.69) is 15.4 Å². The van der Waals surface area contributed by atoms with Crippen molar-refractivity contribution in [2.24, 2.45) is 10.1 Å². The van der Waals surface area contributed by atoms with Crippen LogP contribution in [0, 0.1) is 0 Å². The molecule has 0 aromatic heterocycles. The number of nitrogens with one attached hydrogen (secondary N) is 1. The Balaban J connectivity index is 1.72. The summed E-state index contributed by atoms with van der Waals surface area (Å²) < 4.78 is 32.6. The van der Waals surface area contributed by atoms with E-state index in [4.69, 9.17) is 4.74 Å². The van der Waals surface area contributed by atoms with Crippen molar-refractivity contribution in [3.63, 3.8) is 0 Å². The Hall–Kier alpha value is -2.83. The molecule has 2 fully saturated rings. The number of amidine groups is 1. The summed E-state index contributed by atoms with van der Waals surface area (Å²) >= 11 is 0. The smallest absolute Gasteiger partial charge is 0.326 e. The molecule has 160 valence electrons. The van der Waals surface area contributed by atoms with Gasteiger partial charge in [0.2, 0.25) is 10.0 Å². The molecule has 3 aliphatic heterocycles. The van der Waals surface area contributed by atoms with E-state index in [1.807, 2.05) is 0 Å². The van der Waals surface area contributed by atoms with Crippen LogP contribution in [0.1, 0.15) is 12.5 Å². The first-order valence-corrected chi connectivity index (χ1v) is 10.8. The first-order chi connectivity index (χ1) is 14.1. The van der Waals surface area contributed by atoms with Crippen LogP contribution >= 0.6 is 0 Å². The molecular formula is C18H22N6O5S. The normalized spacial score (nSPS) is 25.4. The number of amides is 3. The Kier molecular flexibility index (Phi) is 4.87. The highest BCUT2D eigenvalue weighted by atomic mass is 32.2. The minimum Gasteiger partial charge on any atom is -0.379 e. The quantitative estimate of drug-likeness (QED) is 0.694. The molecule has 1 N–H and O–H groups in total. The number of imide groups is 1. The third-order valence-electron chi connectivity index (χ3n) is 5.43. The number of sulfonamides is 1. The van der Waals surface area contributed by atoms with Crippen molar-refractivity contribution >= 4 is 33.5 Å². The Labute approximate surface area is 174 Å². The summed E-state index contributed by atoms with van der Waals surface area (Å²) in [6.07, 6.45) is 0. The maximum absolute atomic E-state index is 13.0. The molecule has 3 amide bonds. The lowest BCUT2D eigenvalue weighted by molar-refractivity contribution is -0.122. The molecule has 0 aliphatic carbocycles. The zero-order chi connectivity index (χ0) is 21.7. The van der Waals surface area contributed by atoms with Gasteiger partial charge in [-0.05, 0) is 19.1 Å². The maximum Gasteiger partial charge on any atom is 0.326 e. The number of hydrazone groups is 1. The number of fused-ring (bicyclic) bond motifs is 1. The number of urea groups is 1. The molecule has 1 unspecified atom stereocenters. The van der Waals surface area contributed by atoms with Crippen LogP contribution in [0.5, 0.6) is 0 Å². The predicted molar refractivity (Wildman–Crippen MR) is 107 cm³/mol. The summed E-state index contributed by atoms with van der Waals surface area (Å²) in [6, 6.07) is 5.73. The van der Waals surface area contributed by atoms with E-state index in [9.17, 15) is 18.0 Å². The predicted octanol–water partition coefficient (Wildman–Crippen LogP) is -0.347. The fourth-order valence-corrected chi connectivity index (χ4v) is 4.88. The molecule has 4 rings (SSSR count). The average molecular weight is 434 g/mol. The third-order valence-corrected chi connectivity index (χ3v) is 7.33. The Morgan fingerprint density at radius 1 is 1.17 bits per heavy atom. The molecule has 0 radical (unpaired) electrons. The molecule has 12 heteroatoms. The Morgan fingerprint density at radius 3 is 2.57 bits per heavy atom. The highest BCUT2D eigenvalue weighted by molar-refractivity contribution is 7.89. The number of hydrogen-bond donors (Lipinski definition) is 1. The summed E-state index contributed by atoms with van der Waals surface area (Å²) in [4.78, 5) is 30.2. The van der Waals surface area contributed by atoms with Gasteiger partial charge in [-0.2, -0.15) is 9.41 Å². The van der Waals surface area contributed by atoms with Crippen molar-refractivity contribution in [2.75, 3.05) is 40.4 Å². The molecule has 1 atom stereocenters. The summed E-state index contributed by atoms with van der Waals surface area (Å²) in [5.74, 6) is -0.362. The van der Waals surface area contributed by atoms with Crippen LogP contribution in [0.4, 0.5) is 4.79 Å². The zero-order valence-corrected chi connectivity index (χ0v) is 17.6. The number of aliphatic imine (C=N–C) groups is 1. The lowest BCUT2D eigenvalue weighted by Crippen LogP contribution is -2.72. The monoisotopic (exact) mass is 434 g/mol. The van der Waals surface area contributed by atoms with E-state index in [1.165, 1.54) is 28.5 Å². The van der Waals surface area contributed by atoms with Gasteiger partial charge >= 0.3 is 6.03 Å². The van der Waals surface area contributed by atoms with Crippen molar-refractivity contribution in [3.8, 4) is 0 Å². The summed E-state index contributed by atoms with van der Waals surface area (Å²) in [5, 5.41) is 8.54. The van der Waals surface area contributed by atoms with Crippen LogP contribution < -0.4 is 5.32 Å². The molecule has 0 spiro atoms. The summed E-state index contributed by atoms with van der Waals surface area (Å²) in [7, 11) is -0.720. The largest absolute Gasteiger partial charge is 0.379 e. The van der Waals surface area contributed by atoms with Crippen LogP contribution in [-0.2, 0) is 19.6 Å². The number of hydrogen-bond acceptors (Lipinski definition) is 8. The van der Waals surface area contributed by atoms with Gasteiger partial charge in [0.15, 0.2) is 17.2 Å². The van der Waals surface area contributed by atoms with Gasteiger partial charge in [-0.3, -0.25) is 14.7 Å². The van der Waals surface area contributed by atoms with Crippen LogP contribution in [0.15, 0.2) is 39.3 Å². The maximum atomic E-state index is 13.0. The molecule has 2 saturated heterocycles. The molecule has 0 saturated carbocycles. The molecule has 3 heterocycles. The number of ether oxygens (including phenoxy) is 1. The van der Waals surface area contributed by atoms with Gasteiger partial charge in [0.25, 0.3) is 5.91 Å². The molecular weight excluding hydrogens is 412 g/mol. The Morgan fingerprint density at radius 2 is 1.87 bits per heavy atom. The molecule has 1 aromatic carbocycles. The summed E-state index contributed by atoms with van der Waals surface area (Å²) in [5.41, 5.74) is -0.654. The fourth-order valence-electron chi connectivity index (χ4n) is 3.43. The van der Waals surface area contributed by atoms with Crippen LogP contribution in [0.3, 0.4) is 0 Å². The minimum absolute atomic E-state index is 0.0959. The van der Waals surface area contributed by atoms with E-state index in [0.717, 1.165) is 4.90 Å². The van der Waals surface area contributed by atoms with Crippen molar-refractivity contribution in [2.45, 2.75) is 17.5 Å². The number of carbonyl (C=O) groups excluding carboxylic acids is 2. The average Bonchev–Trinajstić information content (AvgIpc) is 2.74. The second-order valence-electron chi connectivity index (χ2n) is 7.32. The minimum atomic E-state index is -3.69. The van der Waals surface area contributed by atoms with Gasteiger partial charge in [-0.25, -0.2) is 18.2 Å². The highest BCUT2D eigenvalue weighted by Crippen LogP contribution is 2.26. The number of benzene rings is 1. The van der Waals surface area contributed by atoms with Gasteiger partial charge in [0.1, 0.15) is 0 Å². The van der Waals surface area contributed by atoms with E-state index in [1.54, 1.807) is 26.1 Å². The highest BCUT2D eigenvalue weighted by Gasteiger charge is 2.49. The van der Waals surface area contributed by atoms with Crippen LogP contribution in [-0.4, -0.2) is 92.2 Å². The number of rotatable bonds is 3. The third kappa shape index (κ3) is 3.16. The second-order valence-corrected chi connectivity index (χ2v) is 9.26. The molecule has 3 aliphatic rings. The molecule has 11 nitrogen and oxygen atoms in total. The van der Waals surface area contributed by atoms with Crippen molar-refractivity contribution in [3.05, 3.63) is 29.8 Å². The lowest BCUT2D eigenvalue weighted by Gasteiger charge is -2.44. The van der Waals surface area contributed by atoms with E-state index in [0.29, 0.717) is 18.8 Å². The molecule has 30 heavy (non-hydrogen) atoms. The number of morpholine rings is 1. The number of nitrogens with zero attached hydrogens (tertiary/aromatic N) is 5. The molecule has 1 aromatic rings. The zero-order valence-electron chi connectivity index (χ0n) is 16.8. The lowest BCUT2D eigenvalue weighted by atomic mass is 10.0. The van der Waals surface area contributed by atoms with Gasteiger partial charge < -0.3 is 10.1 Å². The fraction of sp³-hybridized carbons (Fsp3) is 0.444. The number of carbonyl (C=O) groups is 2. The molecule has 0 bridgehead atoms. The van der Waals surface area contributed by atoms with Crippen LogP contribution in [0.25, 0.3) is 0 Å². The topological polar surface area (TPSA) is 124 Å². The van der Waals surface area contributed by atoms with Gasteiger partial charge in [0.05, 0.1) is 18.1 Å². The van der Waals surface area contributed by atoms with Gasteiger partial charge in [-0.1, -0.05) is 12.1 Å². The first kappa shape index (κ1) is 20.4. The van der Waals surface area contributed by atoms with Crippen molar-refractivity contribution in [1.29, 1.82) is 0 Å². The summed E-state index contributed by atoms with van der Waals surface area (Å²) in [6.45, 7) is 2.91. The Bertz CT molecular complexity index is 1080. The second kappa shape index (κ2) is 7.15. The van der Waals surface area contributed by atoms with Crippen molar-refractivity contribution in [1.82, 2.24) is 19.5 Å². The van der Waals surface area contributed by atoms with Crippen LogP contribution in [0.2, 0.25) is 0 Å². The first-order valence-electron chi connectivity index (χ1n) is 9.35. The SMILES string of the molecule is CN1C(=O)NC2(C)C(=NC(c3cccc(S(=O)(=O)N4CCOCC4)c3)=NN2C)C1=O. The van der Waals surface area contributed by atoms with E-state index in [-0.39, 0.29) is 29.5 Å². The van der Waals surface area contributed by atoms with E-state index < -0.39 is 27.6 Å². The van der Waals surface area contributed by atoms with Gasteiger partial charge in [-0.15, -0.1) is 0 Å².